The lowest BCUT2D eigenvalue weighted by atomic mass is 9.99. The van der Waals surface area contributed by atoms with Gasteiger partial charge in [-0.2, -0.15) is 0 Å². The Labute approximate surface area is 178 Å². The molecule has 4 aromatic rings. The minimum Gasteiger partial charge on any atom is -0.490 e. The maximum Gasteiger partial charge on any atom is 0.141 e. The number of thiophene rings is 1. The molecule has 2 aromatic carbocycles. The van der Waals surface area contributed by atoms with E-state index in [1.807, 2.05) is 24.3 Å². The number of piperidine rings is 1. The molecule has 6 rings (SSSR count). The first-order valence-electron chi connectivity index (χ1n) is 10.1. The third-order valence-corrected chi connectivity index (χ3v) is 7.45. The van der Waals surface area contributed by atoms with Crippen LogP contribution in [-0.4, -0.2) is 28.2 Å². The van der Waals surface area contributed by atoms with E-state index in [9.17, 15) is 0 Å². The van der Waals surface area contributed by atoms with Crippen LogP contribution in [0.15, 0.2) is 54.2 Å². The van der Waals surface area contributed by atoms with Crippen LogP contribution in [0.2, 0.25) is 5.02 Å². The Morgan fingerprint density at radius 3 is 2.55 bits per heavy atom. The molecule has 0 saturated carbocycles. The van der Waals surface area contributed by atoms with Crippen molar-refractivity contribution in [1.29, 1.82) is 0 Å². The molecule has 2 aromatic heterocycles. The molecule has 146 valence electrons. The van der Waals surface area contributed by atoms with E-state index in [0.717, 1.165) is 45.0 Å². The third kappa shape index (κ3) is 2.87. The van der Waals surface area contributed by atoms with Crippen molar-refractivity contribution in [2.45, 2.75) is 43.9 Å². The summed E-state index contributed by atoms with van der Waals surface area (Å²) in [5, 5.41) is 6.19. The minimum absolute atomic E-state index is 0.216. The summed E-state index contributed by atoms with van der Waals surface area (Å²) in [6.45, 7) is 0. The van der Waals surface area contributed by atoms with Gasteiger partial charge >= 0.3 is 0 Å². The molecule has 4 nitrogen and oxygen atoms in total. The summed E-state index contributed by atoms with van der Waals surface area (Å²) < 4.78 is 6.55. The van der Waals surface area contributed by atoms with E-state index in [4.69, 9.17) is 16.3 Å². The molecule has 0 unspecified atom stereocenters. The van der Waals surface area contributed by atoms with Gasteiger partial charge < -0.3 is 9.64 Å². The monoisotopic (exact) mass is 421 g/mol. The Morgan fingerprint density at radius 2 is 1.72 bits per heavy atom. The van der Waals surface area contributed by atoms with Crippen molar-refractivity contribution in [1.82, 2.24) is 9.97 Å². The fourth-order valence-corrected chi connectivity index (χ4v) is 6.02. The highest BCUT2D eigenvalue weighted by molar-refractivity contribution is 7.16. The van der Waals surface area contributed by atoms with Crippen molar-refractivity contribution >= 4 is 49.7 Å². The quantitative estimate of drug-likeness (QED) is 0.402. The zero-order chi connectivity index (χ0) is 19.4. The molecule has 0 aliphatic carbocycles. The molecule has 2 saturated heterocycles. The first-order chi connectivity index (χ1) is 14.3. The van der Waals surface area contributed by atoms with E-state index < -0.39 is 0 Å². The van der Waals surface area contributed by atoms with E-state index >= 15 is 0 Å². The summed E-state index contributed by atoms with van der Waals surface area (Å²) in [6.07, 6.45) is 6.35. The van der Waals surface area contributed by atoms with Crippen molar-refractivity contribution in [2.75, 3.05) is 4.90 Å². The molecule has 4 heterocycles. The van der Waals surface area contributed by atoms with Crippen LogP contribution >= 0.6 is 22.9 Å². The number of hydrogen-bond donors (Lipinski definition) is 0. The Morgan fingerprint density at radius 1 is 0.931 bits per heavy atom. The van der Waals surface area contributed by atoms with Crippen LogP contribution in [-0.2, 0) is 0 Å². The van der Waals surface area contributed by atoms with E-state index in [-0.39, 0.29) is 6.10 Å². The van der Waals surface area contributed by atoms with E-state index in [0.29, 0.717) is 12.1 Å². The Hall–Kier alpha value is -2.37. The fourth-order valence-electron chi connectivity index (χ4n) is 5.07. The third-order valence-electron chi connectivity index (χ3n) is 6.30. The number of benzene rings is 2. The van der Waals surface area contributed by atoms with E-state index in [1.165, 1.54) is 18.2 Å². The average molecular weight is 422 g/mol. The van der Waals surface area contributed by atoms with Crippen LogP contribution in [0, 0.1) is 0 Å². The summed E-state index contributed by atoms with van der Waals surface area (Å²) in [6, 6.07) is 15.2. The fraction of sp³-hybridized carbons (Fsp3) is 0.304. The lowest BCUT2D eigenvalue weighted by Crippen LogP contribution is -2.47. The summed E-state index contributed by atoms with van der Waals surface area (Å²) >= 11 is 8.06. The number of halogens is 1. The van der Waals surface area contributed by atoms with Gasteiger partial charge in [0.2, 0.25) is 0 Å². The van der Waals surface area contributed by atoms with Gasteiger partial charge in [0.1, 0.15) is 28.8 Å². The number of aromatic nitrogens is 2. The molecule has 0 spiro atoms. The lowest BCUT2D eigenvalue weighted by molar-refractivity contribution is 0.152. The van der Waals surface area contributed by atoms with Gasteiger partial charge in [0.05, 0.1) is 5.39 Å². The van der Waals surface area contributed by atoms with Gasteiger partial charge in [0.25, 0.3) is 0 Å². The topological polar surface area (TPSA) is 38.2 Å². The molecular formula is C23H20ClN3OS. The van der Waals surface area contributed by atoms with E-state index in [1.54, 1.807) is 17.7 Å². The minimum atomic E-state index is 0.216. The van der Waals surface area contributed by atoms with Gasteiger partial charge in [-0.1, -0.05) is 35.9 Å². The van der Waals surface area contributed by atoms with Crippen LogP contribution < -0.4 is 9.64 Å². The van der Waals surface area contributed by atoms with Gasteiger partial charge in [0, 0.05) is 40.7 Å². The number of hydrogen-bond acceptors (Lipinski definition) is 5. The zero-order valence-electron chi connectivity index (χ0n) is 15.8. The lowest BCUT2D eigenvalue weighted by Gasteiger charge is -2.40. The molecule has 29 heavy (non-hydrogen) atoms. The van der Waals surface area contributed by atoms with Gasteiger partial charge in [-0.25, -0.2) is 9.97 Å². The summed E-state index contributed by atoms with van der Waals surface area (Å²) in [4.78, 5) is 12.7. The smallest absolute Gasteiger partial charge is 0.141 e. The molecule has 2 atom stereocenters. The van der Waals surface area contributed by atoms with Crippen LogP contribution in [0.5, 0.6) is 5.75 Å². The highest BCUT2D eigenvalue weighted by atomic mass is 35.5. The maximum atomic E-state index is 6.55. The standard InChI is InChI=1S/C23H20ClN3OS/c24-20-7-8-21(18-4-2-1-3-17(18)20)28-16-11-14-5-6-15(12-16)27(14)22-19-9-10-29-23(19)26-13-25-22/h1-4,7-10,13-16H,5-6,11-12H2/t14-,15-/m0/s1. The van der Waals surface area contributed by atoms with Gasteiger partial charge in [-0.05, 0) is 36.4 Å². The van der Waals surface area contributed by atoms with Crippen LogP contribution in [0.4, 0.5) is 5.82 Å². The van der Waals surface area contributed by atoms with Crippen LogP contribution in [0.3, 0.4) is 0 Å². The molecule has 2 bridgehead atoms. The second kappa shape index (κ2) is 6.85. The highest BCUT2D eigenvalue weighted by Gasteiger charge is 2.43. The number of anilines is 1. The van der Waals surface area contributed by atoms with Gasteiger partial charge in [-0.3, -0.25) is 0 Å². The molecule has 0 radical (unpaired) electrons. The summed E-state index contributed by atoms with van der Waals surface area (Å²) in [7, 11) is 0. The Bertz CT molecular complexity index is 1200. The highest BCUT2D eigenvalue weighted by Crippen LogP contribution is 2.43. The van der Waals surface area contributed by atoms with Crippen molar-refractivity contribution in [3.8, 4) is 5.75 Å². The predicted octanol–water partition coefficient (Wildman–Crippen LogP) is 6.08. The zero-order valence-corrected chi connectivity index (χ0v) is 17.4. The number of fused-ring (bicyclic) bond motifs is 4. The van der Waals surface area contributed by atoms with Crippen LogP contribution in [0.25, 0.3) is 21.0 Å². The van der Waals surface area contributed by atoms with E-state index in [2.05, 4.69) is 38.4 Å². The number of nitrogens with zero attached hydrogens (tertiary/aromatic N) is 3. The predicted molar refractivity (Wildman–Crippen MR) is 119 cm³/mol. The average Bonchev–Trinajstić information content (AvgIpc) is 3.33. The second-order valence-corrected chi connectivity index (χ2v) is 9.23. The maximum absolute atomic E-state index is 6.55. The SMILES string of the molecule is Clc1ccc(OC2C[C@@H]3CC[C@@H](C2)N3c2ncnc3sccc23)c2ccccc12. The molecule has 0 N–H and O–H groups in total. The largest absolute Gasteiger partial charge is 0.490 e. The first kappa shape index (κ1) is 17.5. The van der Waals surface area contributed by atoms with Crippen molar-refractivity contribution in [2.24, 2.45) is 0 Å². The molecule has 2 aliphatic rings. The van der Waals surface area contributed by atoms with Gasteiger partial charge in [0.15, 0.2) is 0 Å². The first-order valence-corrected chi connectivity index (χ1v) is 11.3. The Balaban J connectivity index is 1.29. The molecule has 0 amide bonds. The molecular weight excluding hydrogens is 402 g/mol. The van der Waals surface area contributed by atoms with Crippen molar-refractivity contribution in [3.63, 3.8) is 0 Å². The molecule has 2 aliphatic heterocycles. The second-order valence-electron chi connectivity index (χ2n) is 7.93. The van der Waals surface area contributed by atoms with Crippen LogP contribution in [0.1, 0.15) is 25.7 Å². The van der Waals surface area contributed by atoms with Gasteiger partial charge in [-0.15, -0.1) is 11.3 Å². The summed E-state index contributed by atoms with van der Waals surface area (Å²) in [5.41, 5.74) is 0. The van der Waals surface area contributed by atoms with Crippen molar-refractivity contribution < 1.29 is 4.74 Å². The molecule has 6 heteroatoms. The Kier molecular flexibility index (Phi) is 4.13. The number of ether oxygens (including phenoxy) is 1. The normalized spacial score (nSPS) is 23.8. The van der Waals surface area contributed by atoms with Crippen molar-refractivity contribution in [3.05, 3.63) is 59.2 Å². The molecule has 2 fully saturated rings. The summed E-state index contributed by atoms with van der Waals surface area (Å²) in [5.74, 6) is 2.03. The number of rotatable bonds is 3.